The molecular formula is C21H24O5P+. The molecule has 0 saturated carbocycles. The van der Waals surface area contributed by atoms with E-state index in [2.05, 4.69) is 0 Å². The lowest BCUT2D eigenvalue weighted by molar-refractivity contribution is 0.0976. The molecule has 0 aliphatic rings. The Balaban J connectivity index is 2.43. The summed E-state index contributed by atoms with van der Waals surface area (Å²) in [6, 6.07) is 8.85. The average molecular weight is 387 g/mol. The number of carbonyl (C=O) groups excluding carboxylic acids is 2. The summed E-state index contributed by atoms with van der Waals surface area (Å²) in [5.41, 5.74) is 1.46. The molecule has 2 unspecified atom stereocenters. The van der Waals surface area contributed by atoms with Crippen LogP contribution in [0.4, 0.5) is 0 Å². The minimum Gasteiger partial charge on any atom is -0.496 e. The smallest absolute Gasteiger partial charge is 0.431 e. The van der Waals surface area contributed by atoms with Crippen LogP contribution in [-0.4, -0.2) is 31.2 Å². The number of rotatable bonds is 7. The summed E-state index contributed by atoms with van der Waals surface area (Å²) in [7, 11) is 0.445. The molecule has 0 heterocycles. The van der Waals surface area contributed by atoms with E-state index in [1.807, 2.05) is 13.0 Å². The highest BCUT2D eigenvalue weighted by Gasteiger charge is 2.44. The lowest BCUT2D eigenvalue weighted by Crippen LogP contribution is -2.19. The molecule has 0 aliphatic carbocycles. The molecule has 0 N–H and O–H groups in total. The van der Waals surface area contributed by atoms with Gasteiger partial charge in [0.1, 0.15) is 17.1 Å². The minimum absolute atomic E-state index is 0.204. The standard InChI is InChI=1S/C21H24O5P/c1-12-10-16(25-5)19(17(11-12)26-6)20(22)15(4)27(24)21(23)18-13(2)8-7-9-14(18)3/h7-11,15H,1-6H3/q+1. The van der Waals surface area contributed by atoms with Crippen LogP contribution >= 0.6 is 7.80 Å². The van der Waals surface area contributed by atoms with Crippen LogP contribution in [0, 0.1) is 20.8 Å². The fourth-order valence-corrected chi connectivity index (χ4v) is 4.31. The van der Waals surface area contributed by atoms with Crippen molar-refractivity contribution in [3.8, 4) is 11.5 Å². The highest BCUT2D eigenvalue weighted by atomic mass is 31.1. The molecule has 6 heteroatoms. The van der Waals surface area contributed by atoms with E-state index in [0.717, 1.165) is 16.7 Å². The summed E-state index contributed by atoms with van der Waals surface area (Å²) in [5.74, 6) is 0.239. The van der Waals surface area contributed by atoms with Gasteiger partial charge in [0.25, 0.3) is 0 Å². The van der Waals surface area contributed by atoms with E-state index in [4.69, 9.17) is 9.47 Å². The molecule has 142 valence electrons. The van der Waals surface area contributed by atoms with E-state index in [1.165, 1.54) is 21.1 Å². The molecule has 0 aliphatic heterocycles. The van der Waals surface area contributed by atoms with Crippen molar-refractivity contribution in [1.82, 2.24) is 0 Å². The molecule has 0 spiro atoms. The second-order valence-electron chi connectivity index (χ2n) is 6.48. The first-order valence-corrected chi connectivity index (χ1v) is 9.89. The Kier molecular flexibility index (Phi) is 6.50. The van der Waals surface area contributed by atoms with E-state index in [9.17, 15) is 14.2 Å². The van der Waals surface area contributed by atoms with Crippen LogP contribution in [0.3, 0.4) is 0 Å². The zero-order chi connectivity index (χ0) is 20.3. The van der Waals surface area contributed by atoms with Crippen LogP contribution in [0.5, 0.6) is 11.5 Å². The van der Waals surface area contributed by atoms with Gasteiger partial charge in [-0.1, -0.05) is 22.8 Å². The molecule has 27 heavy (non-hydrogen) atoms. The predicted molar refractivity (Wildman–Crippen MR) is 106 cm³/mol. The summed E-state index contributed by atoms with van der Waals surface area (Å²) in [4.78, 5) is 25.9. The average Bonchev–Trinajstić information content (AvgIpc) is 2.64. The van der Waals surface area contributed by atoms with Gasteiger partial charge < -0.3 is 9.47 Å². The second kappa shape index (κ2) is 8.45. The summed E-state index contributed by atoms with van der Waals surface area (Å²) in [5, 5.41) is 0. The highest BCUT2D eigenvalue weighted by Crippen LogP contribution is 2.40. The van der Waals surface area contributed by atoms with Crippen LogP contribution in [0.25, 0.3) is 0 Å². The van der Waals surface area contributed by atoms with E-state index >= 15 is 0 Å². The van der Waals surface area contributed by atoms with Gasteiger partial charge >= 0.3 is 13.3 Å². The number of Topliss-reactive ketones (excluding diaryl/α,β-unsaturated/α-hetero) is 1. The lowest BCUT2D eigenvalue weighted by Gasteiger charge is -2.13. The van der Waals surface area contributed by atoms with E-state index < -0.39 is 24.8 Å². The van der Waals surface area contributed by atoms with Crippen molar-refractivity contribution in [1.29, 1.82) is 0 Å². The fraction of sp³-hybridized carbons (Fsp3) is 0.333. The number of carbonyl (C=O) groups is 2. The molecular weight excluding hydrogens is 363 g/mol. The topological polar surface area (TPSA) is 69.7 Å². The third kappa shape index (κ3) is 4.09. The van der Waals surface area contributed by atoms with Crippen molar-refractivity contribution in [2.75, 3.05) is 14.2 Å². The summed E-state index contributed by atoms with van der Waals surface area (Å²) >= 11 is 0. The monoisotopic (exact) mass is 387 g/mol. The number of aryl methyl sites for hydroxylation is 3. The van der Waals surface area contributed by atoms with Crippen molar-refractivity contribution in [3.05, 3.63) is 58.1 Å². The lowest BCUT2D eigenvalue weighted by atomic mass is 10.0. The summed E-state index contributed by atoms with van der Waals surface area (Å²) in [6.07, 6.45) is 0. The first-order valence-electron chi connectivity index (χ1n) is 8.56. The van der Waals surface area contributed by atoms with Crippen molar-refractivity contribution >= 4 is 19.1 Å². The Labute approximate surface area is 160 Å². The van der Waals surface area contributed by atoms with Crippen molar-refractivity contribution in [2.45, 2.75) is 33.4 Å². The van der Waals surface area contributed by atoms with E-state index in [1.54, 1.807) is 38.1 Å². The van der Waals surface area contributed by atoms with Gasteiger partial charge in [0, 0.05) is 0 Å². The van der Waals surface area contributed by atoms with Gasteiger partial charge in [0.2, 0.25) is 11.4 Å². The first-order chi connectivity index (χ1) is 12.7. The fourth-order valence-electron chi connectivity index (χ4n) is 3.04. The molecule has 0 radical (unpaired) electrons. The summed E-state index contributed by atoms with van der Waals surface area (Å²) < 4.78 is 23.6. The quantitative estimate of drug-likeness (QED) is 0.501. The minimum atomic E-state index is -2.47. The Hall–Kier alpha value is -2.52. The number of ketones is 1. The van der Waals surface area contributed by atoms with Gasteiger partial charge in [-0.3, -0.25) is 4.79 Å². The summed E-state index contributed by atoms with van der Waals surface area (Å²) in [6.45, 7) is 6.95. The number of hydrogen-bond donors (Lipinski definition) is 0. The van der Waals surface area contributed by atoms with Gasteiger partial charge in [-0.25, -0.2) is 4.79 Å². The van der Waals surface area contributed by atoms with Crippen molar-refractivity contribution < 1.29 is 23.6 Å². The zero-order valence-corrected chi connectivity index (χ0v) is 17.3. The van der Waals surface area contributed by atoms with Gasteiger partial charge in [-0.15, -0.1) is 0 Å². The number of methoxy groups -OCH3 is 2. The van der Waals surface area contributed by atoms with Gasteiger partial charge in [0.05, 0.1) is 19.8 Å². The van der Waals surface area contributed by atoms with Crippen LogP contribution in [0.2, 0.25) is 0 Å². The largest absolute Gasteiger partial charge is 0.496 e. The van der Waals surface area contributed by atoms with Gasteiger partial charge in [-0.2, -0.15) is 0 Å². The van der Waals surface area contributed by atoms with Gasteiger partial charge in [0.15, 0.2) is 0 Å². The molecule has 2 aromatic rings. The molecule has 2 aromatic carbocycles. The number of hydrogen-bond acceptors (Lipinski definition) is 5. The van der Waals surface area contributed by atoms with Crippen molar-refractivity contribution in [3.63, 3.8) is 0 Å². The molecule has 0 aromatic heterocycles. The Bertz CT molecular complexity index is 872. The molecule has 5 nitrogen and oxygen atoms in total. The normalized spacial score (nSPS) is 12.3. The zero-order valence-electron chi connectivity index (χ0n) is 16.5. The molecule has 0 saturated heterocycles. The number of benzene rings is 2. The van der Waals surface area contributed by atoms with E-state index in [-0.39, 0.29) is 5.56 Å². The Morgan fingerprint density at radius 3 is 1.85 bits per heavy atom. The van der Waals surface area contributed by atoms with E-state index in [0.29, 0.717) is 17.1 Å². The maximum absolute atomic E-state index is 13.1. The van der Waals surface area contributed by atoms with Crippen LogP contribution < -0.4 is 9.47 Å². The van der Waals surface area contributed by atoms with Gasteiger partial charge in [-0.05, 0) is 56.5 Å². The molecule has 0 amide bonds. The maximum Gasteiger partial charge on any atom is 0.431 e. The first kappa shape index (κ1) is 20.8. The second-order valence-corrected chi connectivity index (χ2v) is 8.31. The Morgan fingerprint density at radius 2 is 1.41 bits per heavy atom. The van der Waals surface area contributed by atoms with Crippen molar-refractivity contribution in [2.24, 2.45) is 0 Å². The maximum atomic E-state index is 13.1. The third-order valence-corrected chi connectivity index (χ3v) is 6.08. The SMILES string of the molecule is COc1cc(C)cc(OC)c1C(=O)C(C)[P+](=O)C(=O)c1c(C)cccc1C. The molecule has 0 bridgehead atoms. The molecule has 0 fully saturated rings. The third-order valence-electron chi connectivity index (χ3n) is 4.52. The molecule has 2 atom stereocenters. The molecule has 2 rings (SSSR count). The van der Waals surface area contributed by atoms with Crippen LogP contribution in [-0.2, 0) is 4.57 Å². The van der Waals surface area contributed by atoms with Crippen LogP contribution in [0.1, 0.15) is 44.3 Å². The van der Waals surface area contributed by atoms with Crippen LogP contribution in [0.15, 0.2) is 30.3 Å². The Morgan fingerprint density at radius 1 is 0.926 bits per heavy atom. The predicted octanol–water partition coefficient (Wildman–Crippen LogP) is 4.87. The highest BCUT2D eigenvalue weighted by molar-refractivity contribution is 7.66. The number of ether oxygens (including phenoxy) is 2.